The summed E-state index contributed by atoms with van der Waals surface area (Å²) < 4.78 is 10.7. The highest BCUT2D eigenvalue weighted by atomic mass is 32.1. The molecule has 2 aromatic heterocycles. The minimum Gasteiger partial charge on any atom is -0.474 e. The molecule has 0 spiro atoms. The van der Waals surface area contributed by atoms with Gasteiger partial charge in [-0.2, -0.15) is 0 Å². The van der Waals surface area contributed by atoms with Gasteiger partial charge in [0.2, 0.25) is 5.88 Å². The van der Waals surface area contributed by atoms with Crippen LogP contribution < -0.4 is 15.4 Å². The average molecular weight is 346 g/mol. The number of hydrogen-bond donors (Lipinski definition) is 2. The van der Waals surface area contributed by atoms with Crippen molar-refractivity contribution in [2.45, 2.75) is 0 Å². The standard InChI is InChI=1S/C16H18N4O3S/c1-4-7-22-8-9-23-15-13(14(21)18-3)24-16(20-15)11-5-6-19-12(10-11)17-2/h1,5-6,10H,7-9H2,2-3H3,(H,17,19)(H,18,21). The summed E-state index contributed by atoms with van der Waals surface area (Å²) in [6, 6.07) is 3.68. The number of carbonyl (C=O) groups is 1. The Labute approximate surface area is 144 Å². The van der Waals surface area contributed by atoms with Crippen LogP contribution >= 0.6 is 11.3 Å². The Morgan fingerprint density at radius 3 is 2.96 bits per heavy atom. The molecule has 2 N–H and O–H groups in total. The summed E-state index contributed by atoms with van der Waals surface area (Å²) in [5.74, 6) is 3.12. The van der Waals surface area contributed by atoms with E-state index in [9.17, 15) is 4.79 Å². The molecule has 126 valence electrons. The van der Waals surface area contributed by atoms with Gasteiger partial charge in [-0.1, -0.05) is 5.92 Å². The zero-order valence-electron chi connectivity index (χ0n) is 13.5. The van der Waals surface area contributed by atoms with E-state index in [-0.39, 0.29) is 25.0 Å². The lowest BCUT2D eigenvalue weighted by atomic mass is 10.3. The maximum absolute atomic E-state index is 12.0. The molecule has 0 saturated heterocycles. The fraction of sp³-hybridized carbons (Fsp3) is 0.312. The maximum atomic E-state index is 12.0. The molecule has 8 heteroatoms. The molecule has 2 aromatic rings. The molecule has 0 fully saturated rings. The fourth-order valence-corrected chi connectivity index (χ4v) is 2.77. The number of thiazole rings is 1. The van der Waals surface area contributed by atoms with Gasteiger partial charge in [0.1, 0.15) is 24.0 Å². The number of carbonyl (C=O) groups excluding carboxylic acids is 1. The lowest BCUT2D eigenvalue weighted by Gasteiger charge is -2.04. The number of rotatable bonds is 8. The van der Waals surface area contributed by atoms with Crippen LogP contribution in [0.5, 0.6) is 5.88 Å². The number of aromatic nitrogens is 2. The third-order valence-electron chi connectivity index (χ3n) is 2.94. The Bertz CT molecular complexity index is 739. The van der Waals surface area contributed by atoms with Crippen molar-refractivity contribution in [1.29, 1.82) is 0 Å². The average Bonchev–Trinajstić information content (AvgIpc) is 3.05. The Morgan fingerprint density at radius 2 is 2.25 bits per heavy atom. The molecule has 2 heterocycles. The molecule has 0 atom stereocenters. The molecular formula is C16H18N4O3S. The van der Waals surface area contributed by atoms with E-state index in [0.29, 0.717) is 22.3 Å². The first-order valence-corrected chi connectivity index (χ1v) is 8.02. The van der Waals surface area contributed by atoms with E-state index in [4.69, 9.17) is 15.9 Å². The Balaban J connectivity index is 2.21. The zero-order chi connectivity index (χ0) is 17.4. The van der Waals surface area contributed by atoms with Crippen LogP contribution in [0, 0.1) is 12.3 Å². The zero-order valence-corrected chi connectivity index (χ0v) is 14.3. The largest absolute Gasteiger partial charge is 0.474 e. The third-order valence-corrected chi connectivity index (χ3v) is 4.03. The second kappa shape index (κ2) is 8.86. The minimum absolute atomic E-state index is 0.220. The van der Waals surface area contributed by atoms with Crippen LogP contribution in [0.15, 0.2) is 18.3 Å². The third kappa shape index (κ3) is 4.44. The van der Waals surface area contributed by atoms with Gasteiger partial charge in [-0.15, -0.1) is 17.8 Å². The van der Waals surface area contributed by atoms with Crippen LogP contribution in [-0.4, -0.2) is 49.8 Å². The van der Waals surface area contributed by atoms with Crippen molar-refractivity contribution in [1.82, 2.24) is 15.3 Å². The van der Waals surface area contributed by atoms with Crippen LogP contribution in [0.2, 0.25) is 0 Å². The van der Waals surface area contributed by atoms with Gasteiger partial charge in [0.05, 0.1) is 6.61 Å². The van der Waals surface area contributed by atoms with Crippen molar-refractivity contribution in [2.75, 3.05) is 39.2 Å². The summed E-state index contributed by atoms with van der Waals surface area (Å²) in [4.78, 5) is 21.0. The fourth-order valence-electron chi connectivity index (χ4n) is 1.81. The molecule has 0 aliphatic rings. The summed E-state index contributed by atoms with van der Waals surface area (Å²) in [5, 5.41) is 6.23. The van der Waals surface area contributed by atoms with Crippen LogP contribution in [0.1, 0.15) is 9.67 Å². The molecule has 0 aromatic carbocycles. The van der Waals surface area contributed by atoms with Gasteiger partial charge < -0.3 is 20.1 Å². The van der Waals surface area contributed by atoms with Crippen LogP contribution in [0.25, 0.3) is 10.6 Å². The van der Waals surface area contributed by atoms with Crippen LogP contribution in [-0.2, 0) is 4.74 Å². The van der Waals surface area contributed by atoms with Gasteiger partial charge in [-0.3, -0.25) is 4.79 Å². The molecule has 0 aliphatic carbocycles. The van der Waals surface area contributed by atoms with Gasteiger partial charge in [-0.25, -0.2) is 9.97 Å². The highest BCUT2D eigenvalue weighted by Crippen LogP contribution is 2.33. The molecule has 2 rings (SSSR count). The summed E-state index contributed by atoms with van der Waals surface area (Å²) in [6.07, 6.45) is 6.78. The van der Waals surface area contributed by atoms with Crippen molar-refractivity contribution in [2.24, 2.45) is 0 Å². The lowest BCUT2D eigenvalue weighted by Crippen LogP contribution is -2.18. The predicted octanol–water partition coefficient (Wildman–Crippen LogP) is 1.63. The molecular weight excluding hydrogens is 328 g/mol. The second-order valence-corrected chi connectivity index (χ2v) is 5.52. The topological polar surface area (TPSA) is 85.4 Å². The van der Waals surface area contributed by atoms with E-state index in [2.05, 4.69) is 26.5 Å². The summed E-state index contributed by atoms with van der Waals surface area (Å²) >= 11 is 1.26. The van der Waals surface area contributed by atoms with Crippen LogP contribution in [0.3, 0.4) is 0 Å². The van der Waals surface area contributed by atoms with Gasteiger partial charge in [0, 0.05) is 25.9 Å². The van der Waals surface area contributed by atoms with E-state index >= 15 is 0 Å². The smallest absolute Gasteiger partial charge is 0.266 e. The van der Waals surface area contributed by atoms with Gasteiger partial charge in [-0.05, 0) is 12.1 Å². The molecule has 7 nitrogen and oxygen atoms in total. The van der Waals surface area contributed by atoms with E-state index in [1.807, 2.05) is 12.1 Å². The summed E-state index contributed by atoms with van der Waals surface area (Å²) in [5.41, 5.74) is 0.850. The van der Waals surface area contributed by atoms with Gasteiger partial charge >= 0.3 is 0 Å². The first-order valence-electron chi connectivity index (χ1n) is 7.20. The number of pyridine rings is 1. The van der Waals surface area contributed by atoms with E-state index in [1.54, 1.807) is 20.3 Å². The van der Waals surface area contributed by atoms with Crippen molar-refractivity contribution >= 4 is 23.1 Å². The maximum Gasteiger partial charge on any atom is 0.266 e. The number of nitrogens with one attached hydrogen (secondary N) is 2. The highest BCUT2D eigenvalue weighted by molar-refractivity contribution is 7.17. The van der Waals surface area contributed by atoms with E-state index in [0.717, 1.165) is 5.56 Å². The number of hydrogen-bond acceptors (Lipinski definition) is 7. The molecule has 24 heavy (non-hydrogen) atoms. The molecule has 0 radical (unpaired) electrons. The summed E-state index contributed by atoms with van der Waals surface area (Å²) in [6.45, 7) is 0.800. The molecule has 0 saturated carbocycles. The number of nitrogens with zero attached hydrogens (tertiary/aromatic N) is 2. The normalized spacial score (nSPS) is 10.0. The lowest BCUT2D eigenvalue weighted by molar-refractivity contribution is 0.0955. The SMILES string of the molecule is C#CCOCCOc1nc(-c2ccnc(NC)c2)sc1C(=O)NC. The number of ether oxygens (including phenoxy) is 2. The predicted molar refractivity (Wildman–Crippen MR) is 93.4 cm³/mol. The first kappa shape index (κ1) is 17.7. The highest BCUT2D eigenvalue weighted by Gasteiger charge is 2.19. The van der Waals surface area contributed by atoms with E-state index < -0.39 is 0 Å². The molecule has 0 unspecified atom stereocenters. The number of amides is 1. The Morgan fingerprint density at radius 1 is 1.42 bits per heavy atom. The van der Waals surface area contributed by atoms with Crippen molar-refractivity contribution in [3.05, 3.63) is 23.2 Å². The summed E-state index contributed by atoms with van der Waals surface area (Å²) in [7, 11) is 3.35. The van der Waals surface area contributed by atoms with Gasteiger partial charge in [0.25, 0.3) is 5.91 Å². The van der Waals surface area contributed by atoms with Gasteiger partial charge in [0.15, 0.2) is 4.88 Å². The number of anilines is 1. The minimum atomic E-state index is -0.249. The van der Waals surface area contributed by atoms with E-state index in [1.165, 1.54) is 11.3 Å². The second-order valence-electron chi connectivity index (χ2n) is 4.52. The Kier molecular flexibility index (Phi) is 6.54. The monoisotopic (exact) mass is 346 g/mol. The molecule has 0 aliphatic heterocycles. The Hall–Kier alpha value is -2.63. The quantitative estimate of drug-likeness (QED) is 0.558. The van der Waals surface area contributed by atoms with Crippen molar-refractivity contribution in [3.8, 4) is 28.8 Å². The van der Waals surface area contributed by atoms with Crippen molar-refractivity contribution in [3.63, 3.8) is 0 Å². The van der Waals surface area contributed by atoms with Crippen molar-refractivity contribution < 1.29 is 14.3 Å². The molecule has 0 bridgehead atoms. The molecule has 1 amide bonds. The first-order chi connectivity index (χ1) is 11.7. The van der Waals surface area contributed by atoms with Crippen LogP contribution in [0.4, 0.5) is 5.82 Å². The number of terminal acetylenes is 1.